The number of hydrogen-bond acceptors (Lipinski definition) is 3. The van der Waals surface area contributed by atoms with Crippen LogP contribution in [-0.2, 0) is 11.2 Å². The number of amides is 3. The number of benzene rings is 1. The Morgan fingerprint density at radius 1 is 1.16 bits per heavy atom. The van der Waals surface area contributed by atoms with Crippen molar-refractivity contribution in [3.63, 3.8) is 0 Å². The molecule has 1 aliphatic rings. The molecule has 7 heteroatoms. The average Bonchev–Trinajstić information content (AvgIpc) is 3.11. The molecule has 0 saturated carbocycles. The summed E-state index contributed by atoms with van der Waals surface area (Å²) in [6, 6.07) is 11.8. The van der Waals surface area contributed by atoms with E-state index >= 15 is 0 Å². The number of carbonyl (C=O) groups is 2. The molecule has 2 heterocycles. The van der Waals surface area contributed by atoms with Crippen molar-refractivity contribution in [1.29, 1.82) is 0 Å². The first-order valence-corrected chi connectivity index (χ1v) is 8.55. The maximum atomic E-state index is 12.2. The van der Waals surface area contributed by atoms with Crippen molar-refractivity contribution in [2.45, 2.75) is 19.3 Å². The predicted molar refractivity (Wildman–Crippen MR) is 94.2 cm³/mol. The number of aromatic nitrogens is 2. The number of nitrogens with zero attached hydrogens (tertiary/aromatic N) is 3. The minimum atomic E-state index is -0.269. The fourth-order valence-corrected chi connectivity index (χ4v) is 3.00. The summed E-state index contributed by atoms with van der Waals surface area (Å²) in [5.41, 5.74) is 7.25. The van der Waals surface area contributed by atoms with Gasteiger partial charge in [0.2, 0.25) is 5.91 Å². The largest absolute Gasteiger partial charge is 0.369 e. The van der Waals surface area contributed by atoms with Crippen LogP contribution in [0.4, 0.5) is 4.79 Å². The number of hydrogen-bond donors (Lipinski definition) is 2. The molecule has 1 aliphatic heterocycles. The second-order valence-corrected chi connectivity index (χ2v) is 6.23. The van der Waals surface area contributed by atoms with Crippen molar-refractivity contribution in [2.75, 3.05) is 19.6 Å². The third-order valence-corrected chi connectivity index (χ3v) is 4.51. The van der Waals surface area contributed by atoms with E-state index in [1.165, 1.54) is 0 Å². The molecule has 1 saturated heterocycles. The van der Waals surface area contributed by atoms with Crippen LogP contribution >= 0.6 is 0 Å². The number of piperidine rings is 1. The van der Waals surface area contributed by atoms with Crippen LogP contribution in [0.25, 0.3) is 5.69 Å². The zero-order valence-electron chi connectivity index (χ0n) is 14.1. The number of rotatable bonds is 5. The van der Waals surface area contributed by atoms with Gasteiger partial charge in [0.05, 0.1) is 11.4 Å². The van der Waals surface area contributed by atoms with Crippen molar-refractivity contribution >= 4 is 11.9 Å². The molecule has 0 aliphatic carbocycles. The lowest BCUT2D eigenvalue weighted by Crippen LogP contribution is -2.46. The Balaban J connectivity index is 1.43. The molecule has 7 nitrogen and oxygen atoms in total. The van der Waals surface area contributed by atoms with Crippen LogP contribution in [0.3, 0.4) is 0 Å². The normalized spacial score (nSPS) is 15.1. The molecule has 1 aromatic carbocycles. The van der Waals surface area contributed by atoms with Gasteiger partial charge in [0, 0.05) is 38.2 Å². The van der Waals surface area contributed by atoms with E-state index in [2.05, 4.69) is 10.4 Å². The van der Waals surface area contributed by atoms with Gasteiger partial charge in [-0.05, 0) is 31.0 Å². The first-order chi connectivity index (χ1) is 12.1. The molecule has 0 radical (unpaired) electrons. The number of nitrogens with two attached hydrogens (primary N) is 1. The van der Waals surface area contributed by atoms with Crippen LogP contribution in [0.15, 0.2) is 42.6 Å². The molecule has 1 fully saturated rings. The molecular weight excluding hydrogens is 318 g/mol. The third kappa shape index (κ3) is 4.37. The van der Waals surface area contributed by atoms with E-state index in [4.69, 9.17) is 5.73 Å². The van der Waals surface area contributed by atoms with E-state index < -0.39 is 0 Å². The van der Waals surface area contributed by atoms with Crippen LogP contribution in [-0.4, -0.2) is 46.3 Å². The van der Waals surface area contributed by atoms with Crippen molar-refractivity contribution in [3.8, 4) is 5.69 Å². The van der Waals surface area contributed by atoms with Gasteiger partial charge in [0.1, 0.15) is 0 Å². The molecule has 2 aromatic rings. The number of likely N-dealkylation sites (tertiary alicyclic amines) is 1. The van der Waals surface area contributed by atoms with E-state index in [0.29, 0.717) is 38.9 Å². The van der Waals surface area contributed by atoms with Gasteiger partial charge in [-0.2, -0.15) is 5.10 Å². The number of para-hydroxylation sites is 1. The van der Waals surface area contributed by atoms with Gasteiger partial charge in [-0.25, -0.2) is 9.48 Å². The predicted octanol–water partition coefficient (Wildman–Crippen LogP) is 1.32. The SMILES string of the molecule is NC(=O)C1CCN(C(=O)NCCc2ccn(-c3ccccc3)n2)CC1. The number of nitrogens with one attached hydrogen (secondary N) is 1. The van der Waals surface area contributed by atoms with Crippen LogP contribution < -0.4 is 11.1 Å². The van der Waals surface area contributed by atoms with Gasteiger partial charge in [0.25, 0.3) is 0 Å². The summed E-state index contributed by atoms with van der Waals surface area (Å²) < 4.78 is 1.83. The van der Waals surface area contributed by atoms with E-state index in [0.717, 1.165) is 11.4 Å². The maximum absolute atomic E-state index is 12.2. The van der Waals surface area contributed by atoms with Crippen molar-refractivity contribution in [2.24, 2.45) is 11.7 Å². The van der Waals surface area contributed by atoms with Gasteiger partial charge in [-0.3, -0.25) is 4.79 Å². The monoisotopic (exact) mass is 341 g/mol. The summed E-state index contributed by atoms with van der Waals surface area (Å²) >= 11 is 0. The minimum Gasteiger partial charge on any atom is -0.369 e. The molecule has 3 amide bonds. The molecule has 3 rings (SSSR count). The zero-order chi connectivity index (χ0) is 17.6. The highest BCUT2D eigenvalue weighted by Crippen LogP contribution is 2.16. The summed E-state index contributed by atoms with van der Waals surface area (Å²) in [7, 11) is 0. The molecule has 3 N–H and O–H groups in total. The Hall–Kier alpha value is -2.83. The minimum absolute atomic E-state index is 0.0922. The molecule has 1 aromatic heterocycles. The highest BCUT2D eigenvalue weighted by atomic mass is 16.2. The van der Waals surface area contributed by atoms with Gasteiger partial charge in [-0.15, -0.1) is 0 Å². The summed E-state index contributed by atoms with van der Waals surface area (Å²) in [4.78, 5) is 25.1. The Kier molecular flexibility index (Phi) is 5.33. The number of primary amides is 1. The Labute approximate surface area is 146 Å². The quantitative estimate of drug-likeness (QED) is 0.859. The van der Waals surface area contributed by atoms with Crippen LogP contribution in [0.1, 0.15) is 18.5 Å². The van der Waals surface area contributed by atoms with Crippen LogP contribution in [0.5, 0.6) is 0 Å². The lowest BCUT2D eigenvalue weighted by molar-refractivity contribution is -0.123. The molecule has 132 valence electrons. The summed E-state index contributed by atoms with van der Waals surface area (Å²) in [6.45, 7) is 1.67. The van der Waals surface area contributed by atoms with E-state index in [-0.39, 0.29) is 17.9 Å². The van der Waals surface area contributed by atoms with Crippen molar-refractivity contribution < 1.29 is 9.59 Å². The Morgan fingerprint density at radius 2 is 1.88 bits per heavy atom. The van der Waals surface area contributed by atoms with Gasteiger partial charge < -0.3 is 16.0 Å². The Morgan fingerprint density at radius 3 is 2.56 bits per heavy atom. The number of carbonyl (C=O) groups excluding carboxylic acids is 2. The van der Waals surface area contributed by atoms with Crippen molar-refractivity contribution in [3.05, 3.63) is 48.3 Å². The number of urea groups is 1. The van der Waals surface area contributed by atoms with E-state index in [1.54, 1.807) is 4.90 Å². The maximum Gasteiger partial charge on any atom is 0.317 e. The van der Waals surface area contributed by atoms with Crippen molar-refractivity contribution in [1.82, 2.24) is 20.0 Å². The molecule has 0 unspecified atom stereocenters. The fraction of sp³-hybridized carbons (Fsp3) is 0.389. The van der Waals surface area contributed by atoms with Gasteiger partial charge in [-0.1, -0.05) is 18.2 Å². The summed E-state index contributed by atoms with van der Waals surface area (Å²) in [6.07, 6.45) is 3.87. The summed E-state index contributed by atoms with van der Waals surface area (Å²) in [5, 5.41) is 7.44. The molecule has 0 atom stereocenters. The standard InChI is InChI=1S/C18H23N5O2/c19-17(24)14-7-11-22(12-8-14)18(25)20-10-6-15-9-13-23(21-15)16-4-2-1-3-5-16/h1-5,9,13-14H,6-8,10-12H2,(H2,19,24)(H,20,25). The first kappa shape index (κ1) is 17.0. The fourth-order valence-electron chi connectivity index (χ4n) is 3.00. The van der Waals surface area contributed by atoms with Crippen LogP contribution in [0, 0.1) is 5.92 Å². The zero-order valence-corrected chi connectivity index (χ0v) is 14.1. The third-order valence-electron chi connectivity index (χ3n) is 4.51. The van der Waals surface area contributed by atoms with E-state index in [9.17, 15) is 9.59 Å². The topological polar surface area (TPSA) is 93.3 Å². The highest BCUT2D eigenvalue weighted by Gasteiger charge is 2.25. The first-order valence-electron chi connectivity index (χ1n) is 8.55. The van der Waals surface area contributed by atoms with Gasteiger partial charge >= 0.3 is 6.03 Å². The lowest BCUT2D eigenvalue weighted by Gasteiger charge is -2.30. The Bertz CT molecular complexity index is 720. The summed E-state index contributed by atoms with van der Waals surface area (Å²) in [5.74, 6) is -0.375. The molecular formula is C18H23N5O2. The lowest BCUT2D eigenvalue weighted by atomic mass is 9.96. The average molecular weight is 341 g/mol. The molecule has 0 spiro atoms. The van der Waals surface area contributed by atoms with E-state index in [1.807, 2.05) is 47.3 Å². The van der Waals surface area contributed by atoms with Gasteiger partial charge in [0.15, 0.2) is 0 Å². The molecule has 25 heavy (non-hydrogen) atoms. The second kappa shape index (κ2) is 7.83. The van der Waals surface area contributed by atoms with Crippen LogP contribution in [0.2, 0.25) is 0 Å². The molecule has 0 bridgehead atoms. The smallest absolute Gasteiger partial charge is 0.317 e. The second-order valence-electron chi connectivity index (χ2n) is 6.23. The highest BCUT2D eigenvalue weighted by molar-refractivity contribution is 5.78.